The van der Waals surface area contributed by atoms with Crippen LogP contribution in [0.1, 0.15) is 25.7 Å². The first-order valence-electron chi connectivity index (χ1n) is 7.54. The van der Waals surface area contributed by atoms with Crippen molar-refractivity contribution >= 4 is 39.3 Å². The molecule has 0 bridgehead atoms. The molecule has 0 aromatic carbocycles. The Morgan fingerprint density at radius 1 is 1.50 bits per heavy atom. The molecule has 0 atom stereocenters. The second-order valence-corrected chi connectivity index (χ2v) is 7.54. The summed E-state index contributed by atoms with van der Waals surface area (Å²) in [6.07, 6.45) is 6.07. The molecule has 22 heavy (non-hydrogen) atoms. The molecule has 2 N–H and O–H groups in total. The maximum absolute atomic E-state index is 11.0. The molecule has 2 saturated carbocycles. The molecule has 0 saturated heterocycles. The second kappa shape index (κ2) is 6.72. The van der Waals surface area contributed by atoms with Crippen LogP contribution < -0.4 is 5.32 Å². The highest BCUT2D eigenvalue weighted by Gasteiger charge is 2.37. The number of carbonyl (C=O) groups is 1. The largest absolute Gasteiger partial charge is 0.480 e. The Labute approximate surface area is 143 Å². The highest BCUT2D eigenvalue weighted by atomic mass is 79.9. The molecular weight excluding hydrogens is 370 g/mol. The molecule has 1 aromatic rings. The fourth-order valence-corrected chi connectivity index (χ4v) is 3.55. The van der Waals surface area contributed by atoms with Gasteiger partial charge in [-0.1, -0.05) is 11.6 Å². The molecule has 3 rings (SSSR count). The Kier molecular flexibility index (Phi) is 4.90. The lowest BCUT2D eigenvalue weighted by Crippen LogP contribution is -2.52. The fourth-order valence-electron chi connectivity index (χ4n) is 2.87. The number of aromatic nitrogens is 1. The molecule has 1 heterocycles. The normalized spacial score (nSPS) is 24.1. The fraction of sp³-hybridized carbons (Fsp3) is 0.600. The van der Waals surface area contributed by atoms with E-state index in [0.717, 1.165) is 23.9 Å². The predicted octanol–water partition coefficient (Wildman–Crippen LogP) is 3.24. The summed E-state index contributed by atoms with van der Waals surface area (Å²) in [6.45, 7) is 1.06. The van der Waals surface area contributed by atoms with E-state index in [1.165, 1.54) is 12.8 Å². The van der Waals surface area contributed by atoms with E-state index in [0.29, 0.717) is 28.8 Å². The zero-order chi connectivity index (χ0) is 15.7. The van der Waals surface area contributed by atoms with Crippen molar-refractivity contribution in [3.8, 4) is 0 Å². The lowest BCUT2D eigenvalue weighted by Gasteiger charge is -2.43. The van der Waals surface area contributed by atoms with E-state index in [4.69, 9.17) is 16.7 Å². The highest BCUT2D eigenvalue weighted by molar-refractivity contribution is 9.10. The van der Waals surface area contributed by atoms with Gasteiger partial charge in [0.25, 0.3) is 0 Å². The molecule has 0 radical (unpaired) electrons. The topological polar surface area (TPSA) is 65.5 Å². The lowest BCUT2D eigenvalue weighted by atomic mass is 9.85. The number of carboxylic acid groups (broad SMARTS) is 1. The van der Waals surface area contributed by atoms with Crippen LogP contribution in [0.4, 0.5) is 5.82 Å². The highest BCUT2D eigenvalue weighted by Crippen LogP contribution is 2.35. The van der Waals surface area contributed by atoms with Gasteiger partial charge in [0.1, 0.15) is 5.82 Å². The number of hydrogen-bond donors (Lipinski definition) is 2. The van der Waals surface area contributed by atoms with Crippen LogP contribution in [0.3, 0.4) is 0 Å². The van der Waals surface area contributed by atoms with Crippen LogP contribution in [-0.2, 0) is 4.79 Å². The van der Waals surface area contributed by atoms with Gasteiger partial charge in [0.2, 0.25) is 0 Å². The van der Waals surface area contributed by atoms with Crippen LogP contribution in [0, 0.1) is 5.92 Å². The number of nitrogens with one attached hydrogen (secondary N) is 1. The average molecular weight is 389 g/mol. The van der Waals surface area contributed by atoms with Crippen molar-refractivity contribution in [1.29, 1.82) is 0 Å². The maximum atomic E-state index is 11.0. The number of anilines is 1. The smallest absolute Gasteiger partial charge is 0.317 e. The number of aliphatic carboxylic acids is 1. The summed E-state index contributed by atoms with van der Waals surface area (Å²) in [7, 11) is 0. The zero-order valence-corrected chi connectivity index (χ0v) is 14.5. The van der Waals surface area contributed by atoms with Crippen molar-refractivity contribution in [2.45, 2.75) is 37.8 Å². The number of hydrogen-bond acceptors (Lipinski definition) is 4. The molecule has 0 spiro atoms. The van der Waals surface area contributed by atoms with E-state index in [1.807, 2.05) is 6.07 Å². The first kappa shape index (κ1) is 16.0. The average Bonchev–Trinajstić information content (AvgIpc) is 3.18. The minimum Gasteiger partial charge on any atom is -0.480 e. The van der Waals surface area contributed by atoms with E-state index in [9.17, 15) is 4.79 Å². The van der Waals surface area contributed by atoms with Crippen molar-refractivity contribution in [2.24, 2.45) is 5.92 Å². The van der Waals surface area contributed by atoms with Crippen LogP contribution in [-0.4, -0.2) is 46.1 Å². The third-order valence-corrected chi connectivity index (χ3v) is 5.03. The SMILES string of the molecule is O=C(O)CN(CC1CC1)C1CC(Nc2ncc(Br)cc2Cl)C1. The number of nitrogens with zero attached hydrogens (tertiary/aromatic N) is 2. The van der Waals surface area contributed by atoms with Crippen molar-refractivity contribution < 1.29 is 9.90 Å². The standard InChI is InChI=1S/C15H19BrClN3O2/c16-10-3-13(17)15(18-6-10)19-11-4-12(5-11)20(8-14(21)22)7-9-1-2-9/h3,6,9,11-12H,1-2,4-5,7-8H2,(H,18,19)(H,21,22). The van der Waals surface area contributed by atoms with Gasteiger partial charge in [-0.05, 0) is 53.6 Å². The molecule has 2 aliphatic carbocycles. The van der Waals surface area contributed by atoms with E-state index in [-0.39, 0.29) is 6.54 Å². The Morgan fingerprint density at radius 3 is 2.82 bits per heavy atom. The minimum atomic E-state index is -0.741. The zero-order valence-electron chi connectivity index (χ0n) is 12.1. The van der Waals surface area contributed by atoms with Crippen molar-refractivity contribution in [2.75, 3.05) is 18.4 Å². The monoisotopic (exact) mass is 387 g/mol. The lowest BCUT2D eigenvalue weighted by molar-refractivity contribution is -0.139. The summed E-state index contributed by atoms with van der Waals surface area (Å²) in [4.78, 5) is 17.4. The quantitative estimate of drug-likeness (QED) is 0.751. The van der Waals surface area contributed by atoms with Crippen LogP contribution in [0.15, 0.2) is 16.7 Å². The van der Waals surface area contributed by atoms with E-state index in [2.05, 4.69) is 31.1 Å². The van der Waals surface area contributed by atoms with Gasteiger partial charge in [-0.25, -0.2) is 4.98 Å². The van der Waals surface area contributed by atoms with E-state index in [1.54, 1.807) is 6.20 Å². The van der Waals surface area contributed by atoms with Crippen molar-refractivity contribution in [3.05, 3.63) is 21.8 Å². The molecule has 0 amide bonds. The summed E-state index contributed by atoms with van der Waals surface area (Å²) in [5.41, 5.74) is 0. The number of rotatable bonds is 7. The first-order chi connectivity index (χ1) is 10.5. The molecule has 0 unspecified atom stereocenters. The molecule has 1 aromatic heterocycles. The van der Waals surface area contributed by atoms with Gasteiger partial charge in [0, 0.05) is 29.3 Å². The Bertz CT molecular complexity index is 562. The first-order valence-corrected chi connectivity index (χ1v) is 8.72. The molecule has 7 heteroatoms. The summed E-state index contributed by atoms with van der Waals surface area (Å²) in [6, 6.07) is 2.48. The number of halogens is 2. The minimum absolute atomic E-state index is 0.144. The van der Waals surface area contributed by atoms with Gasteiger partial charge in [-0.15, -0.1) is 0 Å². The van der Waals surface area contributed by atoms with Gasteiger partial charge >= 0.3 is 5.97 Å². The second-order valence-electron chi connectivity index (χ2n) is 6.22. The molecule has 0 aliphatic heterocycles. The van der Waals surface area contributed by atoms with Gasteiger partial charge in [-0.2, -0.15) is 0 Å². The summed E-state index contributed by atoms with van der Waals surface area (Å²) >= 11 is 9.49. The number of pyridine rings is 1. The maximum Gasteiger partial charge on any atom is 0.317 e. The predicted molar refractivity (Wildman–Crippen MR) is 89.3 cm³/mol. The van der Waals surface area contributed by atoms with Crippen LogP contribution in [0.25, 0.3) is 0 Å². The van der Waals surface area contributed by atoms with Gasteiger partial charge in [0.15, 0.2) is 0 Å². The van der Waals surface area contributed by atoms with Crippen LogP contribution in [0.2, 0.25) is 5.02 Å². The number of carboxylic acids is 1. The Hall–Kier alpha value is -0.850. The van der Waals surface area contributed by atoms with Gasteiger partial charge in [-0.3, -0.25) is 9.69 Å². The molecular formula is C15H19BrClN3O2. The Balaban J connectivity index is 1.52. The van der Waals surface area contributed by atoms with Crippen LogP contribution >= 0.6 is 27.5 Å². The molecule has 2 fully saturated rings. The van der Waals surface area contributed by atoms with Crippen molar-refractivity contribution in [3.63, 3.8) is 0 Å². The Morgan fingerprint density at radius 2 is 2.23 bits per heavy atom. The summed E-state index contributed by atoms with van der Waals surface area (Å²) in [5, 5.41) is 13.0. The molecule has 5 nitrogen and oxygen atoms in total. The van der Waals surface area contributed by atoms with E-state index >= 15 is 0 Å². The third kappa shape index (κ3) is 4.12. The van der Waals surface area contributed by atoms with Gasteiger partial charge in [0.05, 0.1) is 11.6 Å². The summed E-state index contributed by atoms with van der Waals surface area (Å²) in [5.74, 6) is 0.656. The van der Waals surface area contributed by atoms with Gasteiger partial charge < -0.3 is 10.4 Å². The van der Waals surface area contributed by atoms with Crippen LogP contribution in [0.5, 0.6) is 0 Å². The summed E-state index contributed by atoms with van der Waals surface area (Å²) < 4.78 is 0.853. The molecule has 120 valence electrons. The van der Waals surface area contributed by atoms with Crippen molar-refractivity contribution in [1.82, 2.24) is 9.88 Å². The third-order valence-electron chi connectivity index (χ3n) is 4.31. The molecule has 2 aliphatic rings. The van der Waals surface area contributed by atoms with E-state index < -0.39 is 5.97 Å².